The van der Waals surface area contributed by atoms with E-state index in [2.05, 4.69) is 4.74 Å². The lowest BCUT2D eigenvalue weighted by Gasteiger charge is -2.20. The molecule has 4 heteroatoms. The lowest BCUT2D eigenvalue weighted by molar-refractivity contribution is -0.140. The molecule has 0 aliphatic carbocycles. The third-order valence-electron chi connectivity index (χ3n) is 1.85. The van der Waals surface area contributed by atoms with Crippen LogP contribution in [-0.4, -0.2) is 35.3 Å². The van der Waals surface area contributed by atoms with Gasteiger partial charge in [-0.05, 0) is 13.3 Å². The molecular formula is C9H18O3S. The van der Waals surface area contributed by atoms with Gasteiger partial charge in [0, 0.05) is 11.5 Å². The summed E-state index contributed by atoms with van der Waals surface area (Å²) in [6.07, 6.45) is 1.15. The van der Waals surface area contributed by atoms with E-state index in [4.69, 9.17) is 0 Å². The van der Waals surface area contributed by atoms with E-state index >= 15 is 0 Å². The molecule has 0 aromatic rings. The summed E-state index contributed by atoms with van der Waals surface area (Å²) in [6, 6.07) is 0. The first-order valence-electron chi connectivity index (χ1n) is 4.39. The zero-order valence-electron chi connectivity index (χ0n) is 8.50. The summed E-state index contributed by atoms with van der Waals surface area (Å²) < 4.78 is 4.49. The first-order chi connectivity index (χ1) is 6.02. The summed E-state index contributed by atoms with van der Waals surface area (Å²) in [5.74, 6) is 1.19. The van der Waals surface area contributed by atoms with E-state index in [1.165, 1.54) is 7.11 Å². The third kappa shape index (κ3) is 6.90. The van der Waals surface area contributed by atoms with Crippen LogP contribution in [0.5, 0.6) is 0 Å². The Morgan fingerprint density at radius 1 is 1.62 bits per heavy atom. The number of rotatable bonds is 6. The van der Waals surface area contributed by atoms with Crippen molar-refractivity contribution in [3.8, 4) is 0 Å². The van der Waals surface area contributed by atoms with Gasteiger partial charge in [-0.25, -0.2) is 0 Å². The maximum atomic E-state index is 10.7. The van der Waals surface area contributed by atoms with Crippen LogP contribution in [0.15, 0.2) is 0 Å². The molecule has 0 saturated heterocycles. The van der Waals surface area contributed by atoms with E-state index in [-0.39, 0.29) is 5.97 Å². The van der Waals surface area contributed by atoms with Gasteiger partial charge < -0.3 is 9.84 Å². The molecule has 0 rings (SSSR count). The molecule has 0 radical (unpaired) electrons. The fraction of sp³-hybridized carbons (Fsp3) is 0.889. The van der Waals surface area contributed by atoms with Crippen LogP contribution in [0.1, 0.15) is 26.7 Å². The monoisotopic (exact) mass is 206 g/mol. The smallest absolute Gasteiger partial charge is 0.306 e. The Morgan fingerprint density at radius 2 is 2.23 bits per heavy atom. The number of carbonyl (C=O) groups excluding carboxylic acids is 1. The zero-order chi connectivity index (χ0) is 10.3. The Balaban J connectivity index is 3.41. The number of aliphatic hydroxyl groups is 1. The second kappa shape index (κ2) is 6.27. The Morgan fingerprint density at radius 3 is 2.69 bits per heavy atom. The minimum atomic E-state index is -0.610. The van der Waals surface area contributed by atoms with E-state index < -0.39 is 5.60 Å². The molecule has 0 aliphatic heterocycles. The highest BCUT2D eigenvalue weighted by Gasteiger charge is 2.16. The maximum Gasteiger partial charge on any atom is 0.306 e. The standard InChI is InChI=1S/C9H18O3S/c1-4-9(2,11)7-13-6-5-8(10)12-3/h11H,4-7H2,1-3H3. The molecular weight excluding hydrogens is 188 g/mol. The number of esters is 1. The number of methoxy groups -OCH3 is 1. The molecule has 0 aromatic heterocycles. The quantitative estimate of drug-likeness (QED) is 0.528. The van der Waals surface area contributed by atoms with Crippen molar-refractivity contribution in [1.29, 1.82) is 0 Å². The number of hydrogen-bond acceptors (Lipinski definition) is 4. The van der Waals surface area contributed by atoms with Gasteiger partial charge in [-0.15, -0.1) is 0 Å². The van der Waals surface area contributed by atoms with Crippen molar-refractivity contribution >= 4 is 17.7 Å². The second-order valence-corrected chi connectivity index (χ2v) is 4.33. The average molecular weight is 206 g/mol. The van der Waals surface area contributed by atoms with Crippen LogP contribution in [0, 0.1) is 0 Å². The molecule has 1 unspecified atom stereocenters. The van der Waals surface area contributed by atoms with Crippen molar-refractivity contribution in [2.24, 2.45) is 0 Å². The molecule has 0 fully saturated rings. The van der Waals surface area contributed by atoms with Crippen LogP contribution in [0.25, 0.3) is 0 Å². The van der Waals surface area contributed by atoms with Crippen LogP contribution in [-0.2, 0) is 9.53 Å². The number of ether oxygens (including phenoxy) is 1. The van der Waals surface area contributed by atoms with Crippen molar-refractivity contribution in [2.45, 2.75) is 32.3 Å². The van der Waals surface area contributed by atoms with E-state index in [0.717, 1.165) is 6.42 Å². The molecule has 0 amide bonds. The van der Waals surface area contributed by atoms with Gasteiger partial charge in [0.05, 0.1) is 19.1 Å². The van der Waals surface area contributed by atoms with Gasteiger partial charge in [-0.1, -0.05) is 6.92 Å². The van der Waals surface area contributed by atoms with Gasteiger partial charge in [0.1, 0.15) is 0 Å². The summed E-state index contributed by atoms with van der Waals surface area (Å²) >= 11 is 1.58. The van der Waals surface area contributed by atoms with Crippen molar-refractivity contribution in [2.75, 3.05) is 18.6 Å². The summed E-state index contributed by atoms with van der Waals surface area (Å²) in [7, 11) is 1.38. The number of thioether (sulfide) groups is 1. The minimum absolute atomic E-state index is 0.191. The first-order valence-corrected chi connectivity index (χ1v) is 5.54. The molecule has 0 aliphatic rings. The van der Waals surface area contributed by atoms with E-state index in [9.17, 15) is 9.90 Å². The van der Waals surface area contributed by atoms with E-state index in [1.807, 2.05) is 6.92 Å². The molecule has 1 atom stereocenters. The lowest BCUT2D eigenvalue weighted by Crippen LogP contribution is -2.26. The highest BCUT2D eigenvalue weighted by molar-refractivity contribution is 7.99. The van der Waals surface area contributed by atoms with Gasteiger partial charge >= 0.3 is 5.97 Å². The molecule has 0 saturated carbocycles. The van der Waals surface area contributed by atoms with Crippen LogP contribution < -0.4 is 0 Å². The molecule has 78 valence electrons. The molecule has 13 heavy (non-hydrogen) atoms. The van der Waals surface area contributed by atoms with Crippen LogP contribution in [0.2, 0.25) is 0 Å². The van der Waals surface area contributed by atoms with Crippen molar-refractivity contribution in [3.05, 3.63) is 0 Å². The Labute approximate surface area is 83.9 Å². The molecule has 3 nitrogen and oxygen atoms in total. The Bertz CT molecular complexity index is 157. The van der Waals surface area contributed by atoms with Gasteiger partial charge in [-0.3, -0.25) is 4.79 Å². The van der Waals surface area contributed by atoms with Crippen LogP contribution >= 0.6 is 11.8 Å². The largest absolute Gasteiger partial charge is 0.469 e. The third-order valence-corrected chi connectivity index (χ3v) is 3.17. The molecule has 0 heterocycles. The predicted octanol–water partition coefficient (Wildman–Crippen LogP) is 1.44. The highest BCUT2D eigenvalue weighted by atomic mass is 32.2. The summed E-state index contributed by atoms with van der Waals surface area (Å²) in [5, 5.41) is 9.61. The van der Waals surface area contributed by atoms with Gasteiger partial charge in [0.25, 0.3) is 0 Å². The molecule has 0 spiro atoms. The Kier molecular flexibility index (Phi) is 6.16. The minimum Gasteiger partial charge on any atom is -0.469 e. The molecule has 1 N–H and O–H groups in total. The van der Waals surface area contributed by atoms with Crippen molar-refractivity contribution in [3.63, 3.8) is 0 Å². The van der Waals surface area contributed by atoms with Crippen LogP contribution in [0.4, 0.5) is 0 Å². The fourth-order valence-electron chi connectivity index (χ4n) is 0.652. The van der Waals surface area contributed by atoms with Gasteiger partial charge in [-0.2, -0.15) is 11.8 Å². The SMILES string of the molecule is CCC(C)(O)CSCCC(=O)OC. The number of hydrogen-bond donors (Lipinski definition) is 1. The normalized spacial score (nSPS) is 15.1. The van der Waals surface area contributed by atoms with E-state index in [1.54, 1.807) is 18.7 Å². The van der Waals surface area contributed by atoms with Crippen molar-refractivity contribution < 1.29 is 14.6 Å². The van der Waals surface area contributed by atoms with E-state index in [0.29, 0.717) is 17.9 Å². The molecule has 0 aromatic carbocycles. The van der Waals surface area contributed by atoms with Crippen molar-refractivity contribution in [1.82, 2.24) is 0 Å². The Hall–Kier alpha value is -0.220. The first kappa shape index (κ1) is 12.8. The van der Waals surface area contributed by atoms with Gasteiger partial charge in [0.15, 0.2) is 0 Å². The van der Waals surface area contributed by atoms with Gasteiger partial charge in [0.2, 0.25) is 0 Å². The number of carbonyl (C=O) groups is 1. The topological polar surface area (TPSA) is 46.5 Å². The maximum absolute atomic E-state index is 10.7. The zero-order valence-corrected chi connectivity index (χ0v) is 9.32. The molecule has 0 bridgehead atoms. The predicted molar refractivity (Wildman–Crippen MR) is 54.9 cm³/mol. The average Bonchev–Trinajstić information content (AvgIpc) is 2.12. The second-order valence-electron chi connectivity index (χ2n) is 3.23. The summed E-state index contributed by atoms with van der Waals surface area (Å²) in [4.78, 5) is 10.7. The lowest BCUT2D eigenvalue weighted by atomic mass is 10.1. The summed E-state index contributed by atoms with van der Waals surface area (Å²) in [5.41, 5.74) is -0.610. The fourth-order valence-corrected chi connectivity index (χ4v) is 1.75. The van der Waals surface area contributed by atoms with Crippen LogP contribution in [0.3, 0.4) is 0 Å². The summed E-state index contributed by atoms with van der Waals surface area (Å²) in [6.45, 7) is 3.75. The highest BCUT2D eigenvalue weighted by Crippen LogP contribution is 2.16.